The van der Waals surface area contributed by atoms with Crippen LogP contribution in [0.4, 0.5) is 0 Å². The summed E-state index contributed by atoms with van der Waals surface area (Å²) in [6, 6.07) is 0. The van der Waals surface area contributed by atoms with Crippen molar-refractivity contribution < 1.29 is 5.21 Å². The van der Waals surface area contributed by atoms with Gasteiger partial charge in [-0.25, -0.2) is 0 Å². The number of nitrogens with one attached hydrogen (secondary N) is 1. The number of nitrogens with two attached hydrogens (primary N) is 1. The fourth-order valence-electron chi connectivity index (χ4n) is 0.564. The smallest absolute Gasteiger partial charge is 0.143 e. The quantitative estimate of drug-likeness (QED) is 0.129. The monoisotopic (exact) mass is 155 g/mol. The number of rotatable bonds is 4. The van der Waals surface area contributed by atoms with E-state index in [1.165, 1.54) is 0 Å². The van der Waals surface area contributed by atoms with E-state index in [0.29, 0.717) is 13.1 Å². The van der Waals surface area contributed by atoms with Gasteiger partial charge in [0.2, 0.25) is 0 Å². The summed E-state index contributed by atoms with van der Waals surface area (Å²) in [6.07, 6.45) is 5.00. The Bertz CT molecular complexity index is 171. The van der Waals surface area contributed by atoms with Crippen molar-refractivity contribution in [1.29, 1.82) is 0 Å². The normalized spacial score (nSPS) is 14.0. The van der Waals surface area contributed by atoms with Gasteiger partial charge in [0.1, 0.15) is 5.84 Å². The van der Waals surface area contributed by atoms with Crippen LogP contribution in [-0.4, -0.2) is 24.1 Å². The third-order valence-electron chi connectivity index (χ3n) is 1.30. The summed E-state index contributed by atoms with van der Waals surface area (Å²) < 4.78 is 0. The summed E-state index contributed by atoms with van der Waals surface area (Å²) in [5, 5.41) is 14.1. The van der Waals surface area contributed by atoms with Gasteiger partial charge in [-0.05, 0) is 0 Å². The summed E-state index contributed by atoms with van der Waals surface area (Å²) in [5.41, 5.74) is 5.31. The highest BCUT2D eigenvalue weighted by molar-refractivity contribution is 5.82. The molecule has 0 spiro atoms. The van der Waals surface area contributed by atoms with Gasteiger partial charge in [0, 0.05) is 12.5 Å². The molecule has 0 aliphatic rings. The molecule has 0 aromatic carbocycles. The second-order valence-corrected chi connectivity index (χ2v) is 2.26. The Morgan fingerprint density at radius 2 is 2.55 bits per heavy atom. The van der Waals surface area contributed by atoms with E-state index in [-0.39, 0.29) is 11.8 Å². The molecule has 0 aromatic heterocycles. The van der Waals surface area contributed by atoms with Crippen LogP contribution in [0.3, 0.4) is 0 Å². The molecule has 0 aromatic rings. The number of amidine groups is 1. The van der Waals surface area contributed by atoms with Crippen molar-refractivity contribution in [3.05, 3.63) is 0 Å². The van der Waals surface area contributed by atoms with E-state index in [0.717, 1.165) is 0 Å². The number of terminal acetylenes is 1. The molecule has 1 atom stereocenters. The molecule has 0 amide bonds. The predicted molar refractivity (Wildman–Crippen MR) is 44.3 cm³/mol. The average Bonchev–Trinajstić information content (AvgIpc) is 2.03. The van der Waals surface area contributed by atoms with Crippen LogP contribution in [0.15, 0.2) is 5.16 Å². The minimum atomic E-state index is 0.00773. The number of hydrogen-bond donors (Lipinski definition) is 3. The minimum Gasteiger partial charge on any atom is -0.409 e. The molecule has 0 radical (unpaired) electrons. The standard InChI is InChI=1S/C7H13N3O/c1-3-4-9-5-6(2)7(8)10-11/h1,6,9,11H,4-5H2,2H3,(H2,8,10). The number of oxime groups is 1. The molecule has 11 heavy (non-hydrogen) atoms. The van der Waals surface area contributed by atoms with E-state index in [1.807, 2.05) is 6.92 Å². The topological polar surface area (TPSA) is 70.6 Å². The first-order valence-electron chi connectivity index (χ1n) is 3.34. The molecular weight excluding hydrogens is 142 g/mol. The first-order chi connectivity index (χ1) is 5.22. The molecule has 4 nitrogen and oxygen atoms in total. The predicted octanol–water partition coefficient (Wildman–Crippen LogP) is -0.408. The maximum atomic E-state index is 8.26. The Labute approximate surface area is 66.5 Å². The minimum absolute atomic E-state index is 0.00773. The van der Waals surface area contributed by atoms with Gasteiger partial charge in [-0.15, -0.1) is 6.42 Å². The van der Waals surface area contributed by atoms with E-state index in [4.69, 9.17) is 17.4 Å². The van der Waals surface area contributed by atoms with Gasteiger partial charge in [0.05, 0.1) is 6.54 Å². The lowest BCUT2D eigenvalue weighted by Gasteiger charge is -2.08. The van der Waals surface area contributed by atoms with Crippen LogP contribution in [0.5, 0.6) is 0 Å². The van der Waals surface area contributed by atoms with Gasteiger partial charge in [-0.2, -0.15) is 0 Å². The molecular formula is C7H13N3O. The second kappa shape index (κ2) is 5.57. The number of hydrogen-bond acceptors (Lipinski definition) is 3. The Balaban J connectivity index is 3.54. The lowest BCUT2D eigenvalue weighted by atomic mass is 10.1. The lowest BCUT2D eigenvalue weighted by Crippen LogP contribution is -2.31. The van der Waals surface area contributed by atoms with Gasteiger partial charge < -0.3 is 16.3 Å². The highest BCUT2D eigenvalue weighted by Crippen LogP contribution is 1.90. The van der Waals surface area contributed by atoms with Crippen molar-refractivity contribution in [2.45, 2.75) is 6.92 Å². The third kappa shape index (κ3) is 4.23. The van der Waals surface area contributed by atoms with Crippen LogP contribution in [0.2, 0.25) is 0 Å². The van der Waals surface area contributed by atoms with Crippen LogP contribution in [-0.2, 0) is 0 Å². The zero-order valence-electron chi connectivity index (χ0n) is 6.54. The highest BCUT2D eigenvalue weighted by atomic mass is 16.4. The van der Waals surface area contributed by atoms with Crippen LogP contribution >= 0.6 is 0 Å². The van der Waals surface area contributed by atoms with Crippen LogP contribution in [0.1, 0.15) is 6.92 Å². The highest BCUT2D eigenvalue weighted by Gasteiger charge is 2.05. The molecule has 4 N–H and O–H groups in total. The zero-order valence-corrected chi connectivity index (χ0v) is 6.54. The van der Waals surface area contributed by atoms with Crippen molar-refractivity contribution in [3.63, 3.8) is 0 Å². The molecule has 0 aliphatic carbocycles. The SMILES string of the molecule is C#CCNCC(C)C(N)=NO. The van der Waals surface area contributed by atoms with E-state index in [2.05, 4.69) is 16.4 Å². The lowest BCUT2D eigenvalue weighted by molar-refractivity contribution is 0.314. The average molecular weight is 155 g/mol. The molecule has 0 saturated heterocycles. The Hall–Kier alpha value is -1.21. The van der Waals surface area contributed by atoms with Crippen LogP contribution in [0, 0.1) is 18.3 Å². The summed E-state index contributed by atoms with van der Waals surface area (Å²) in [6.45, 7) is 2.97. The first kappa shape index (κ1) is 9.79. The van der Waals surface area contributed by atoms with E-state index >= 15 is 0 Å². The van der Waals surface area contributed by atoms with E-state index in [9.17, 15) is 0 Å². The molecule has 62 valence electrons. The van der Waals surface area contributed by atoms with Gasteiger partial charge in [-0.1, -0.05) is 18.0 Å². The molecule has 4 heteroatoms. The maximum absolute atomic E-state index is 8.26. The van der Waals surface area contributed by atoms with Gasteiger partial charge >= 0.3 is 0 Å². The Morgan fingerprint density at radius 1 is 1.91 bits per heavy atom. The molecule has 0 bridgehead atoms. The fraction of sp³-hybridized carbons (Fsp3) is 0.571. The summed E-state index contributed by atoms with van der Waals surface area (Å²) >= 11 is 0. The first-order valence-corrected chi connectivity index (χ1v) is 3.34. The third-order valence-corrected chi connectivity index (χ3v) is 1.30. The Kier molecular flexibility index (Phi) is 4.95. The zero-order chi connectivity index (χ0) is 8.69. The summed E-state index contributed by atoms with van der Waals surface area (Å²) in [7, 11) is 0. The van der Waals surface area contributed by atoms with Crippen LogP contribution < -0.4 is 11.1 Å². The molecule has 0 fully saturated rings. The van der Waals surface area contributed by atoms with Crippen molar-refractivity contribution >= 4 is 5.84 Å². The fourth-order valence-corrected chi connectivity index (χ4v) is 0.564. The molecule has 0 aliphatic heterocycles. The molecule has 1 unspecified atom stereocenters. The van der Waals surface area contributed by atoms with E-state index in [1.54, 1.807) is 0 Å². The Morgan fingerprint density at radius 3 is 3.00 bits per heavy atom. The van der Waals surface area contributed by atoms with Crippen LogP contribution in [0.25, 0.3) is 0 Å². The van der Waals surface area contributed by atoms with E-state index < -0.39 is 0 Å². The maximum Gasteiger partial charge on any atom is 0.143 e. The molecule has 0 rings (SSSR count). The largest absolute Gasteiger partial charge is 0.409 e. The summed E-state index contributed by atoms with van der Waals surface area (Å²) in [4.78, 5) is 0. The van der Waals surface area contributed by atoms with Gasteiger partial charge in [0.25, 0.3) is 0 Å². The summed E-state index contributed by atoms with van der Waals surface area (Å²) in [5.74, 6) is 2.65. The van der Waals surface area contributed by atoms with Gasteiger partial charge in [-0.3, -0.25) is 0 Å². The van der Waals surface area contributed by atoms with Crippen molar-refractivity contribution in [2.24, 2.45) is 16.8 Å². The molecule has 0 heterocycles. The van der Waals surface area contributed by atoms with Crippen molar-refractivity contribution in [3.8, 4) is 12.3 Å². The van der Waals surface area contributed by atoms with Crippen molar-refractivity contribution in [1.82, 2.24) is 5.32 Å². The van der Waals surface area contributed by atoms with Gasteiger partial charge in [0.15, 0.2) is 0 Å². The second-order valence-electron chi connectivity index (χ2n) is 2.26. The number of nitrogens with zero attached hydrogens (tertiary/aromatic N) is 1. The van der Waals surface area contributed by atoms with Crippen molar-refractivity contribution in [2.75, 3.05) is 13.1 Å². The molecule has 0 saturated carbocycles.